The van der Waals surface area contributed by atoms with E-state index in [9.17, 15) is 21.6 Å². The van der Waals surface area contributed by atoms with E-state index < -0.39 is 31.6 Å². The minimum Gasteiger partial charge on any atom is -0.444 e. The first-order valence-corrected chi connectivity index (χ1v) is 10.9. The monoisotopic (exact) mass is 375 g/mol. The molecule has 0 aliphatic heterocycles. The van der Waals surface area contributed by atoms with Crippen molar-refractivity contribution in [2.24, 2.45) is 5.73 Å². The summed E-state index contributed by atoms with van der Waals surface area (Å²) < 4.78 is 49.2. The molecular weight excluding hydrogens is 346 g/mol. The van der Waals surface area contributed by atoms with E-state index in [1.807, 2.05) is 0 Å². The maximum atomic E-state index is 11.1. The largest absolute Gasteiger partial charge is 0.444 e. The van der Waals surface area contributed by atoms with Crippen LogP contribution in [0.15, 0.2) is 0 Å². The fourth-order valence-corrected chi connectivity index (χ4v) is 2.22. The van der Waals surface area contributed by atoms with Crippen molar-refractivity contribution in [3.05, 3.63) is 0 Å². The van der Waals surface area contributed by atoms with Crippen LogP contribution in [0.2, 0.25) is 0 Å². The molecule has 0 radical (unpaired) electrons. The molecule has 9 nitrogen and oxygen atoms in total. The van der Waals surface area contributed by atoms with Crippen LogP contribution in [0.25, 0.3) is 0 Å². The van der Waals surface area contributed by atoms with E-state index in [1.165, 1.54) is 6.26 Å². The average molecular weight is 376 g/mol. The smallest absolute Gasteiger partial charge is 0.407 e. The number of amides is 1. The van der Waals surface area contributed by atoms with Crippen molar-refractivity contribution in [2.75, 3.05) is 37.9 Å². The van der Waals surface area contributed by atoms with Crippen molar-refractivity contribution in [2.45, 2.75) is 32.8 Å². The van der Waals surface area contributed by atoms with Gasteiger partial charge in [-0.25, -0.2) is 26.4 Å². The Kier molecular flexibility index (Phi) is 11.4. The van der Waals surface area contributed by atoms with Crippen molar-refractivity contribution < 1.29 is 26.4 Å². The Morgan fingerprint density at radius 2 is 1.61 bits per heavy atom. The van der Waals surface area contributed by atoms with Crippen LogP contribution >= 0.6 is 0 Å². The van der Waals surface area contributed by atoms with Gasteiger partial charge in [-0.05, 0) is 33.7 Å². The number of carbonyl (C=O) groups is 1. The summed E-state index contributed by atoms with van der Waals surface area (Å²) in [5, 5.41) is 2.42. The number of hydrogen-bond donors (Lipinski definition) is 3. The first-order chi connectivity index (χ1) is 10.2. The third-order valence-electron chi connectivity index (χ3n) is 1.88. The van der Waals surface area contributed by atoms with Gasteiger partial charge in [-0.1, -0.05) is 0 Å². The SMILES string of the molecule is CC(C)(C)OC(=O)NCCNS(C)(=O)=O.CS(=O)(=O)CCCN. The molecule has 0 spiro atoms. The second-order valence-corrected chi connectivity index (χ2v) is 9.96. The van der Waals surface area contributed by atoms with Gasteiger partial charge in [0.25, 0.3) is 0 Å². The molecule has 0 saturated heterocycles. The normalized spacial score (nSPS) is 12.1. The maximum absolute atomic E-state index is 11.1. The molecule has 11 heteroatoms. The molecule has 4 N–H and O–H groups in total. The highest BCUT2D eigenvalue weighted by molar-refractivity contribution is 7.90. The van der Waals surface area contributed by atoms with E-state index in [0.29, 0.717) is 13.0 Å². The van der Waals surface area contributed by atoms with E-state index in [-0.39, 0.29) is 18.8 Å². The number of alkyl carbamates (subject to hydrolysis) is 1. The summed E-state index contributed by atoms with van der Waals surface area (Å²) in [4.78, 5) is 11.1. The van der Waals surface area contributed by atoms with Gasteiger partial charge in [-0.2, -0.15) is 0 Å². The number of rotatable bonds is 7. The minimum atomic E-state index is -3.20. The van der Waals surface area contributed by atoms with Crippen LogP contribution in [0.1, 0.15) is 27.2 Å². The van der Waals surface area contributed by atoms with Gasteiger partial charge < -0.3 is 15.8 Å². The van der Waals surface area contributed by atoms with Crippen LogP contribution in [0.3, 0.4) is 0 Å². The number of nitrogens with one attached hydrogen (secondary N) is 2. The Balaban J connectivity index is 0. The summed E-state index contributed by atoms with van der Waals surface area (Å²) in [6.07, 6.45) is 2.28. The second kappa shape index (κ2) is 10.8. The number of hydrogen-bond acceptors (Lipinski definition) is 7. The first-order valence-electron chi connectivity index (χ1n) is 6.95. The molecule has 0 saturated carbocycles. The van der Waals surface area contributed by atoms with Gasteiger partial charge >= 0.3 is 6.09 Å². The third kappa shape index (κ3) is 26.3. The Morgan fingerprint density at radius 3 is 1.91 bits per heavy atom. The van der Waals surface area contributed by atoms with Crippen LogP contribution < -0.4 is 15.8 Å². The van der Waals surface area contributed by atoms with Crippen LogP contribution in [-0.4, -0.2) is 66.4 Å². The predicted octanol–water partition coefficient (Wildman–Crippen LogP) is -0.560. The molecule has 0 atom stereocenters. The molecule has 0 unspecified atom stereocenters. The lowest BCUT2D eigenvalue weighted by atomic mass is 10.2. The maximum Gasteiger partial charge on any atom is 0.407 e. The van der Waals surface area contributed by atoms with Crippen LogP contribution in [0.5, 0.6) is 0 Å². The predicted molar refractivity (Wildman–Crippen MR) is 90.5 cm³/mol. The molecule has 0 fully saturated rings. The fraction of sp³-hybridized carbons (Fsp3) is 0.917. The summed E-state index contributed by atoms with van der Waals surface area (Å²) in [6, 6.07) is 0. The third-order valence-corrected chi connectivity index (χ3v) is 3.64. The number of sulfonamides is 1. The standard InChI is InChI=1S/C8H18N2O4S.C4H11NO2S/c1-8(2,3)14-7(11)9-5-6-10-15(4,12)13;1-8(6,7)4-2-3-5/h10H,5-6H2,1-4H3,(H,9,11);2-5H2,1H3. The van der Waals surface area contributed by atoms with Crippen LogP contribution in [0, 0.1) is 0 Å². The second-order valence-electron chi connectivity index (χ2n) is 5.87. The molecule has 140 valence electrons. The topological polar surface area (TPSA) is 145 Å². The van der Waals surface area contributed by atoms with Crippen molar-refractivity contribution in [3.63, 3.8) is 0 Å². The zero-order valence-electron chi connectivity index (χ0n) is 14.4. The summed E-state index contributed by atoms with van der Waals surface area (Å²) in [7, 11) is -5.97. The molecule has 0 aromatic heterocycles. The Bertz CT molecular complexity index is 538. The fourth-order valence-electron chi connectivity index (χ4n) is 1.06. The molecule has 0 aliphatic carbocycles. The van der Waals surface area contributed by atoms with Crippen molar-refractivity contribution in [1.29, 1.82) is 0 Å². The number of nitrogens with two attached hydrogens (primary N) is 1. The first kappa shape index (κ1) is 24.3. The molecule has 0 heterocycles. The van der Waals surface area contributed by atoms with Crippen LogP contribution in [-0.2, 0) is 24.6 Å². The Morgan fingerprint density at radius 1 is 1.09 bits per heavy atom. The average Bonchev–Trinajstić information content (AvgIpc) is 2.28. The van der Waals surface area contributed by atoms with E-state index in [2.05, 4.69) is 10.0 Å². The molecule has 23 heavy (non-hydrogen) atoms. The number of ether oxygens (including phenoxy) is 1. The zero-order chi connectivity index (χ0) is 18.7. The quantitative estimate of drug-likeness (QED) is 0.506. The lowest BCUT2D eigenvalue weighted by molar-refractivity contribution is 0.0529. The Labute approximate surface area is 139 Å². The van der Waals surface area contributed by atoms with Gasteiger partial charge in [0.1, 0.15) is 15.4 Å². The highest BCUT2D eigenvalue weighted by Gasteiger charge is 2.15. The van der Waals surface area contributed by atoms with Gasteiger partial charge in [-0.15, -0.1) is 0 Å². The van der Waals surface area contributed by atoms with E-state index in [0.717, 1.165) is 6.26 Å². The van der Waals surface area contributed by atoms with Gasteiger partial charge in [0.15, 0.2) is 0 Å². The zero-order valence-corrected chi connectivity index (χ0v) is 16.0. The minimum absolute atomic E-state index is 0.151. The van der Waals surface area contributed by atoms with Crippen molar-refractivity contribution in [1.82, 2.24) is 10.0 Å². The van der Waals surface area contributed by atoms with E-state index >= 15 is 0 Å². The van der Waals surface area contributed by atoms with Crippen molar-refractivity contribution in [3.8, 4) is 0 Å². The van der Waals surface area contributed by atoms with Gasteiger partial charge in [0, 0.05) is 19.3 Å². The van der Waals surface area contributed by atoms with Crippen molar-refractivity contribution >= 4 is 26.0 Å². The number of sulfone groups is 1. The van der Waals surface area contributed by atoms with Gasteiger partial charge in [-0.3, -0.25) is 0 Å². The highest BCUT2D eigenvalue weighted by Crippen LogP contribution is 2.05. The Hall–Kier alpha value is -0.910. The molecule has 0 rings (SSSR count). The van der Waals surface area contributed by atoms with Crippen LogP contribution in [0.4, 0.5) is 4.79 Å². The molecule has 0 bridgehead atoms. The van der Waals surface area contributed by atoms with Gasteiger partial charge in [0.05, 0.1) is 12.0 Å². The molecular formula is C12H29N3O6S2. The molecule has 1 amide bonds. The summed E-state index contributed by atoms with van der Waals surface area (Å²) >= 11 is 0. The van der Waals surface area contributed by atoms with E-state index in [1.54, 1.807) is 20.8 Å². The molecule has 0 aliphatic rings. The summed E-state index contributed by atoms with van der Waals surface area (Å²) in [6.45, 7) is 6.05. The van der Waals surface area contributed by atoms with Gasteiger partial charge in [0.2, 0.25) is 10.0 Å². The molecule has 0 aromatic rings. The molecule has 0 aromatic carbocycles. The van der Waals surface area contributed by atoms with E-state index in [4.69, 9.17) is 10.5 Å². The highest BCUT2D eigenvalue weighted by atomic mass is 32.2. The number of carbonyl (C=O) groups excluding carboxylic acids is 1. The lowest BCUT2D eigenvalue weighted by Gasteiger charge is -2.19. The lowest BCUT2D eigenvalue weighted by Crippen LogP contribution is -2.37. The summed E-state index contributed by atoms with van der Waals surface area (Å²) in [5.74, 6) is 0.212. The summed E-state index contributed by atoms with van der Waals surface area (Å²) in [5.41, 5.74) is 4.52.